The molecular formula is C28H36N6O2. The minimum absolute atomic E-state index is 0.360. The van der Waals surface area contributed by atoms with Gasteiger partial charge < -0.3 is 14.0 Å². The molecule has 0 aliphatic rings. The molecule has 4 rings (SSSR count). The number of fused-ring (bicyclic) bond motifs is 3. The first-order valence-corrected chi connectivity index (χ1v) is 13.0. The van der Waals surface area contributed by atoms with E-state index in [2.05, 4.69) is 57.3 Å². The first kappa shape index (κ1) is 25.4. The maximum Gasteiger partial charge on any atom is 0.265 e. The zero-order valence-corrected chi connectivity index (χ0v) is 21.5. The van der Waals surface area contributed by atoms with E-state index in [9.17, 15) is 0 Å². The second-order valence-corrected chi connectivity index (χ2v) is 8.87. The summed E-state index contributed by atoms with van der Waals surface area (Å²) < 4.78 is 13.6. The van der Waals surface area contributed by atoms with Crippen molar-refractivity contribution in [3.8, 4) is 11.5 Å². The van der Waals surface area contributed by atoms with Gasteiger partial charge in [-0.2, -0.15) is 10.1 Å². The molecule has 0 saturated carbocycles. The van der Waals surface area contributed by atoms with Gasteiger partial charge in [-0.1, -0.05) is 64.2 Å². The number of nitrogens with zero attached hydrogens (tertiary/aromatic N) is 5. The van der Waals surface area contributed by atoms with Gasteiger partial charge in [0.2, 0.25) is 0 Å². The van der Waals surface area contributed by atoms with E-state index >= 15 is 0 Å². The number of hydrazone groups is 1. The molecule has 0 atom stereocenters. The minimum atomic E-state index is 0.360. The van der Waals surface area contributed by atoms with Crippen LogP contribution >= 0.6 is 0 Å². The third-order valence-corrected chi connectivity index (χ3v) is 6.18. The molecule has 0 aliphatic heterocycles. The molecule has 8 nitrogen and oxygen atoms in total. The fourth-order valence-corrected chi connectivity index (χ4v) is 4.26. The number of aryl methyl sites for hydroxylation is 1. The molecule has 1 N–H and O–H groups in total. The van der Waals surface area contributed by atoms with Crippen molar-refractivity contribution >= 4 is 34.2 Å². The van der Waals surface area contributed by atoms with Gasteiger partial charge in [-0.25, -0.2) is 5.43 Å². The fraction of sp³-hybridized carbons (Fsp3) is 0.429. The molecule has 0 fully saturated rings. The molecule has 0 saturated heterocycles. The van der Waals surface area contributed by atoms with Crippen LogP contribution in [0.1, 0.15) is 64.4 Å². The second kappa shape index (κ2) is 12.9. The zero-order valence-electron chi connectivity index (χ0n) is 21.5. The number of benzene rings is 2. The van der Waals surface area contributed by atoms with Crippen molar-refractivity contribution in [1.29, 1.82) is 0 Å². The van der Waals surface area contributed by atoms with Gasteiger partial charge in [0, 0.05) is 11.9 Å². The summed E-state index contributed by atoms with van der Waals surface area (Å²) in [5, 5.41) is 14.1. The summed E-state index contributed by atoms with van der Waals surface area (Å²) in [7, 11) is 1.64. The lowest BCUT2D eigenvalue weighted by molar-refractivity contribution is 0.286. The number of rotatable bonds is 14. The van der Waals surface area contributed by atoms with Crippen molar-refractivity contribution in [3.63, 3.8) is 0 Å². The number of para-hydroxylation sites is 1. The molecule has 0 aliphatic carbocycles. The van der Waals surface area contributed by atoms with Crippen molar-refractivity contribution in [1.82, 2.24) is 19.7 Å². The van der Waals surface area contributed by atoms with E-state index in [1.165, 1.54) is 19.3 Å². The minimum Gasteiger partial charge on any atom is -0.493 e. The van der Waals surface area contributed by atoms with E-state index in [4.69, 9.17) is 14.5 Å². The van der Waals surface area contributed by atoms with E-state index in [0.717, 1.165) is 65.6 Å². The van der Waals surface area contributed by atoms with Gasteiger partial charge in [0.25, 0.3) is 5.95 Å². The van der Waals surface area contributed by atoms with Crippen LogP contribution in [0.4, 0.5) is 5.95 Å². The largest absolute Gasteiger partial charge is 0.493 e. The Morgan fingerprint density at radius 3 is 2.61 bits per heavy atom. The average Bonchev–Trinajstić information content (AvgIpc) is 3.22. The molecule has 0 amide bonds. The maximum atomic E-state index is 5.86. The Labute approximate surface area is 212 Å². The SMILES string of the molecule is CCCCCCn1c2ccccc2c2nnc(N/N=C/c3ccc(OCCCCC)c(OC)c3)nc21. The topological polar surface area (TPSA) is 86.5 Å². The Morgan fingerprint density at radius 1 is 0.944 bits per heavy atom. The quantitative estimate of drug-likeness (QED) is 0.122. The number of nitrogens with one attached hydrogen (secondary N) is 1. The van der Waals surface area contributed by atoms with E-state index < -0.39 is 0 Å². The van der Waals surface area contributed by atoms with Crippen molar-refractivity contribution in [3.05, 3.63) is 48.0 Å². The number of methoxy groups -OCH3 is 1. The van der Waals surface area contributed by atoms with Crippen molar-refractivity contribution in [2.75, 3.05) is 19.1 Å². The summed E-state index contributed by atoms with van der Waals surface area (Å²) in [6.45, 7) is 5.98. The highest BCUT2D eigenvalue weighted by molar-refractivity contribution is 6.04. The number of aromatic nitrogens is 4. The molecule has 0 bridgehead atoms. The first-order chi connectivity index (χ1) is 17.7. The monoisotopic (exact) mass is 488 g/mol. The molecule has 190 valence electrons. The summed E-state index contributed by atoms with van der Waals surface area (Å²) in [5.74, 6) is 1.78. The van der Waals surface area contributed by atoms with E-state index in [0.29, 0.717) is 18.3 Å². The maximum absolute atomic E-state index is 5.86. The van der Waals surface area contributed by atoms with Crippen LogP contribution < -0.4 is 14.9 Å². The Bertz CT molecular complexity index is 1300. The predicted octanol–water partition coefficient (Wildman–Crippen LogP) is 6.58. The van der Waals surface area contributed by atoms with Crippen molar-refractivity contribution < 1.29 is 9.47 Å². The van der Waals surface area contributed by atoms with Crippen LogP contribution in [-0.4, -0.2) is 39.7 Å². The van der Waals surface area contributed by atoms with Gasteiger partial charge >= 0.3 is 0 Å². The lowest BCUT2D eigenvalue weighted by Crippen LogP contribution is -2.03. The second-order valence-electron chi connectivity index (χ2n) is 8.87. The number of anilines is 1. The number of ether oxygens (including phenoxy) is 2. The first-order valence-electron chi connectivity index (χ1n) is 13.0. The fourth-order valence-electron chi connectivity index (χ4n) is 4.26. The van der Waals surface area contributed by atoms with Gasteiger partial charge in [0.1, 0.15) is 5.52 Å². The molecule has 2 aromatic carbocycles. The van der Waals surface area contributed by atoms with Gasteiger partial charge in [-0.05, 0) is 42.7 Å². The molecule has 0 spiro atoms. The third kappa shape index (κ3) is 6.11. The molecule has 8 heteroatoms. The predicted molar refractivity (Wildman–Crippen MR) is 146 cm³/mol. The highest BCUT2D eigenvalue weighted by Crippen LogP contribution is 2.28. The van der Waals surface area contributed by atoms with Gasteiger partial charge in [-0.15, -0.1) is 10.2 Å². The Kier molecular flexibility index (Phi) is 9.08. The summed E-state index contributed by atoms with van der Waals surface area (Å²) in [6.07, 6.45) is 9.81. The van der Waals surface area contributed by atoms with Crippen molar-refractivity contribution in [2.45, 2.75) is 65.3 Å². The summed E-state index contributed by atoms with van der Waals surface area (Å²) in [4.78, 5) is 4.76. The zero-order chi connectivity index (χ0) is 25.2. The lowest BCUT2D eigenvalue weighted by atomic mass is 10.2. The smallest absolute Gasteiger partial charge is 0.265 e. The summed E-state index contributed by atoms with van der Waals surface area (Å²) in [5.41, 5.74) is 6.58. The van der Waals surface area contributed by atoms with Crippen LogP contribution in [0.2, 0.25) is 0 Å². The average molecular weight is 489 g/mol. The van der Waals surface area contributed by atoms with Gasteiger partial charge in [-0.3, -0.25) is 0 Å². The molecule has 0 unspecified atom stereocenters. The Balaban J connectivity index is 1.49. The van der Waals surface area contributed by atoms with Crippen LogP contribution in [0.15, 0.2) is 47.6 Å². The molecule has 0 radical (unpaired) electrons. The molecular weight excluding hydrogens is 452 g/mol. The van der Waals surface area contributed by atoms with Crippen LogP contribution in [-0.2, 0) is 6.54 Å². The number of hydrogen-bond acceptors (Lipinski definition) is 7. The summed E-state index contributed by atoms with van der Waals surface area (Å²) >= 11 is 0. The van der Waals surface area contributed by atoms with Crippen LogP contribution in [0, 0.1) is 0 Å². The highest BCUT2D eigenvalue weighted by Gasteiger charge is 2.14. The van der Waals surface area contributed by atoms with E-state index in [1.807, 2.05) is 24.3 Å². The molecule has 4 aromatic rings. The highest BCUT2D eigenvalue weighted by atomic mass is 16.5. The molecule has 2 aromatic heterocycles. The van der Waals surface area contributed by atoms with Crippen LogP contribution in [0.5, 0.6) is 11.5 Å². The number of unbranched alkanes of at least 4 members (excludes halogenated alkanes) is 5. The lowest BCUT2D eigenvalue weighted by Gasteiger charge is -2.11. The van der Waals surface area contributed by atoms with Crippen molar-refractivity contribution in [2.24, 2.45) is 5.10 Å². The Morgan fingerprint density at radius 2 is 1.78 bits per heavy atom. The third-order valence-electron chi connectivity index (χ3n) is 6.18. The van der Waals surface area contributed by atoms with Gasteiger partial charge in [0.05, 0.1) is 25.4 Å². The van der Waals surface area contributed by atoms with E-state index in [-0.39, 0.29) is 0 Å². The Hall–Kier alpha value is -3.68. The molecule has 36 heavy (non-hydrogen) atoms. The standard InChI is InChI=1S/C28H36N6O2/c1-4-6-8-11-17-34-23-14-10-9-13-22(23)26-27(34)30-28(33-31-26)32-29-20-21-15-16-24(25(19-21)35-3)36-18-12-7-5-2/h9-10,13-16,19-20H,4-8,11-12,17-18H2,1-3H3,(H,30,32,33)/b29-20+. The van der Waals surface area contributed by atoms with Crippen LogP contribution in [0.3, 0.4) is 0 Å². The molecule has 2 heterocycles. The normalized spacial score (nSPS) is 11.5. The summed E-state index contributed by atoms with van der Waals surface area (Å²) in [6, 6.07) is 14.0. The van der Waals surface area contributed by atoms with Crippen LogP contribution in [0.25, 0.3) is 22.1 Å². The van der Waals surface area contributed by atoms with E-state index in [1.54, 1.807) is 13.3 Å². The van der Waals surface area contributed by atoms with Gasteiger partial charge in [0.15, 0.2) is 17.1 Å². The number of hydrogen-bond donors (Lipinski definition) is 1.